The molecule has 0 bridgehead atoms. The van der Waals surface area contributed by atoms with Crippen LogP contribution in [0.4, 0.5) is 15.5 Å². The Balaban J connectivity index is 1.61. The van der Waals surface area contributed by atoms with E-state index >= 15 is 0 Å². The number of anilines is 2. The number of carboxylic acids is 1. The summed E-state index contributed by atoms with van der Waals surface area (Å²) < 4.78 is 0. The van der Waals surface area contributed by atoms with E-state index in [9.17, 15) is 19.5 Å². The first kappa shape index (κ1) is 27.3. The van der Waals surface area contributed by atoms with Gasteiger partial charge < -0.3 is 15.7 Å². The van der Waals surface area contributed by atoms with Gasteiger partial charge in [-0.2, -0.15) is 0 Å². The van der Waals surface area contributed by atoms with Gasteiger partial charge in [0.1, 0.15) is 11.0 Å². The van der Waals surface area contributed by atoms with Crippen molar-refractivity contribution in [2.75, 3.05) is 10.6 Å². The molecule has 1 aliphatic rings. The predicted molar refractivity (Wildman–Crippen MR) is 149 cm³/mol. The zero-order valence-electron chi connectivity index (χ0n) is 19.5. The summed E-state index contributed by atoms with van der Waals surface area (Å²) in [5.74, 6) is -1.79. The Kier molecular flexibility index (Phi) is 8.97. The van der Waals surface area contributed by atoms with Crippen LogP contribution >= 0.6 is 46.1 Å². The lowest BCUT2D eigenvalue weighted by atomic mass is 9.84. The first-order valence-electron chi connectivity index (χ1n) is 11.7. The van der Waals surface area contributed by atoms with Crippen LogP contribution in [-0.2, 0) is 4.79 Å². The van der Waals surface area contributed by atoms with Gasteiger partial charge in [-0.3, -0.25) is 10.1 Å². The maximum absolute atomic E-state index is 13.4. The third kappa shape index (κ3) is 6.76. The average molecular weight is 581 g/mol. The van der Waals surface area contributed by atoms with Crippen LogP contribution in [0.3, 0.4) is 0 Å². The average Bonchev–Trinajstić information content (AvgIpc) is 3.29. The molecule has 0 radical (unpaired) electrons. The zero-order chi connectivity index (χ0) is 26.5. The molecule has 3 amide bonds. The highest BCUT2D eigenvalue weighted by molar-refractivity contribution is 7.20. The van der Waals surface area contributed by atoms with Gasteiger partial charge in [-0.25, -0.2) is 9.59 Å². The third-order valence-electron chi connectivity index (χ3n) is 6.18. The molecule has 37 heavy (non-hydrogen) atoms. The molecule has 1 aromatic heterocycles. The van der Waals surface area contributed by atoms with Crippen molar-refractivity contribution in [2.24, 2.45) is 5.92 Å². The molecule has 1 fully saturated rings. The Bertz CT molecular complexity index is 1290. The number of halogens is 3. The molecule has 3 aromatic rings. The number of carboxylic acid groups (broad SMARTS) is 1. The van der Waals surface area contributed by atoms with Crippen LogP contribution in [0.5, 0.6) is 0 Å². The smallest absolute Gasteiger partial charge is 0.326 e. The standard InChI is InChI=1S/C26H24Cl3N3O4S/c27-16-11-18(28)22(19(29)12-16)31-26(36)32-24-17(13-20(37-24)14-7-3-1-4-8-14)23(33)30-21(25(34)35)15-9-5-2-6-10-15/h1,3-4,7-8,11-13,15,21H,2,5-6,9-10H2,(H,30,33)(H,34,35)(H2,31,32,36)/t21-/m0/s1. The van der Waals surface area contributed by atoms with E-state index in [0.717, 1.165) is 42.5 Å². The van der Waals surface area contributed by atoms with E-state index in [4.69, 9.17) is 34.8 Å². The quantitative estimate of drug-likeness (QED) is 0.229. The molecule has 0 aliphatic heterocycles. The fourth-order valence-electron chi connectivity index (χ4n) is 4.37. The summed E-state index contributed by atoms with van der Waals surface area (Å²) in [6, 6.07) is 12.2. The molecular weight excluding hydrogens is 557 g/mol. The van der Waals surface area contributed by atoms with Crippen molar-refractivity contribution in [3.05, 3.63) is 69.2 Å². The SMILES string of the molecule is O=C(Nc1sc(-c2ccccc2)cc1C(=O)N[C@H](C(=O)O)C1CCCCC1)Nc1c(Cl)cc(Cl)cc1Cl. The van der Waals surface area contributed by atoms with E-state index in [-0.39, 0.29) is 32.2 Å². The molecule has 0 saturated heterocycles. The number of hydrogen-bond donors (Lipinski definition) is 4. The number of carbonyl (C=O) groups is 3. The molecule has 1 aliphatic carbocycles. The van der Waals surface area contributed by atoms with Gasteiger partial charge in [0.2, 0.25) is 0 Å². The van der Waals surface area contributed by atoms with Crippen molar-refractivity contribution in [3.8, 4) is 10.4 Å². The predicted octanol–water partition coefficient (Wildman–Crippen LogP) is 7.78. The number of hydrogen-bond acceptors (Lipinski definition) is 4. The van der Waals surface area contributed by atoms with Crippen molar-refractivity contribution < 1.29 is 19.5 Å². The Morgan fingerprint density at radius 1 is 0.919 bits per heavy atom. The summed E-state index contributed by atoms with van der Waals surface area (Å²) in [4.78, 5) is 39.0. The van der Waals surface area contributed by atoms with Crippen LogP contribution in [0.25, 0.3) is 10.4 Å². The maximum Gasteiger partial charge on any atom is 0.326 e. The van der Waals surface area contributed by atoms with Crippen LogP contribution < -0.4 is 16.0 Å². The van der Waals surface area contributed by atoms with Gasteiger partial charge in [0.05, 0.1) is 21.3 Å². The summed E-state index contributed by atoms with van der Waals surface area (Å²) in [7, 11) is 0. The van der Waals surface area contributed by atoms with Gasteiger partial charge in [-0.15, -0.1) is 11.3 Å². The number of amides is 3. The molecule has 2 aromatic carbocycles. The van der Waals surface area contributed by atoms with Crippen LogP contribution in [-0.4, -0.2) is 29.1 Å². The van der Waals surface area contributed by atoms with Crippen LogP contribution in [0.1, 0.15) is 42.5 Å². The number of nitrogens with one attached hydrogen (secondary N) is 3. The second-order valence-electron chi connectivity index (χ2n) is 8.73. The number of carbonyl (C=O) groups excluding carboxylic acids is 2. The van der Waals surface area contributed by atoms with E-state index in [1.54, 1.807) is 6.07 Å². The molecule has 194 valence electrons. The van der Waals surface area contributed by atoms with E-state index in [1.807, 2.05) is 30.3 Å². The number of thiophene rings is 1. The highest BCUT2D eigenvalue weighted by Gasteiger charge is 2.32. The van der Waals surface area contributed by atoms with Crippen LogP contribution in [0.2, 0.25) is 15.1 Å². The molecule has 11 heteroatoms. The lowest BCUT2D eigenvalue weighted by Crippen LogP contribution is -2.46. The fraction of sp³-hybridized carbons (Fsp3) is 0.269. The molecule has 4 N–H and O–H groups in total. The maximum atomic E-state index is 13.4. The van der Waals surface area contributed by atoms with Crippen molar-refractivity contribution in [3.63, 3.8) is 0 Å². The van der Waals surface area contributed by atoms with Gasteiger partial charge in [-0.1, -0.05) is 84.4 Å². The topological polar surface area (TPSA) is 108 Å². The fourth-order valence-corrected chi connectivity index (χ4v) is 6.34. The van der Waals surface area contributed by atoms with Crippen molar-refractivity contribution >= 4 is 74.7 Å². The van der Waals surface area contributed by atoms with E-state index in [1.165, 1.54) is 23.5 Å². The second-order valence-corrected chi connectivity index (χ2v) is 11.0. The Morgan fingerprint density at radius 3 is 2.19 bits per heavy atom. The highest BCUT2D eigenvalue weighted by atomic mass is 35.5. The van der Waals surface area contributed by atoms with E-state index in [0.29, 0.717) is 5.02 Å². The van der Waals surface area contributed by atoms with Gasteiger partial charge in [0.15, 0.2) is 0 Å². The molecule has 1 atom stereocenters. The largest absolute Gasteiger partial charge is 0.480 e. The molecule has 4 rings (SSSR count). The first-order chi connectivity index (χ1) is 17.7. The normalized spacial score (nSPS) is 14.6. The lowest BCUT2D eigenvalue weighted by molar-refractivity contribution is -0.141. The van der Waals surface area contributed by atoms with E-state index < -0.39 is 23.9 Å². The lowest BCUT2D eigenvalue weighted by Gasteiger charge is -2.28. The van der Waals surface area contributed by atoms with Gasteiger partial charge in [-0.05, 0) is 42.5 Å². The van der Waals surface area contributed by atoms with Gasteiger partial charge in [0.25, 0.3) is 5.91 Å². The number of benzene rings is 2. The molecule has 0 spiro atoms. The first-order valence-corrected chi connectivity index (χ1v) is 13.6. The van der Waals surface area contributed by atoms with E-state index in [2.05, 4.69) is 16.0 Å². The third-order valence-corrected chi connectivity index (χ3v) is 8.10. The van der Waals surface area contributed by atoms with Crippen LogP contribution in [0, 0.1) is 5.92 Å². The van der Waals surface area contributed by atoms with Crippen molar-refractivity contribution in [1.82, 2.24) is 5.32 Å². The van der Waals surface area contributed by atoms with Gasteiger partial charge in [0, 0.05) is 9.90 Å². The number of rotatable bonds is 7. The van der Waals surface area contributed by atoms with Crippen molar-refractivity contribution in [1.29, 1.82) is 0 Å². The van der Waals surface area contributed by atoms with Crippen LogP contribution in [0.15, 0.2) is 48.5 Å². The Hall–Kier alpha value is -2.78. The second kappa shape index (κ2) is 12.2. The summed E-state index contributed by atoms with van der Waals surface area (Å²) in [5.41, 5.74) is 1.18. The minimum atomic E-state index is -1.07. The highest BCUT2D eigenvalue weighted by Crippen LogP contribution is 2.37. The summed E-state index contributed by atoms with van der Waals surface area (Å²) in [6.45, 7) is 0. The zero-order valence-corrected chi connectivity index (χ0v) is 22.6. The molecule has 7 nitrogen and oxygen atoms in total. The number of urea groups is 1. The monoisotopic (exact) mass is 579 g/mol. The number of aliphatic carboxylic acids is 1. The molecule has 1 saturated carbocycles. The Labute approximate surface area is 233 Å². The minimum Gasteiger partial charge on any atom is -0.480 e. The van der Waals surface area contributed by atoms with Gasteiger partial charge >= 0.3 is 12.0 Å². The molecule has 1 heterocycles. The van der Waals surface area contributed by atoms with Crippen molar-refractivity contribution in [2.45, 2.75) is 38.1 Å². The summed E-state index contributed by atoms with van der Waals surface area (Å²) >= 11 is 19.5. The summed E-state index contributed by atoms with van der Waals surface area (Å²) in [5, 5.41) is 18.7. The molecular formula is C26H24Cl3N3O4S. The molecule has 0 unspecified atom stereocenters. The minimum absolute atomic E-state index is 0.142. The Morgan fingerprint density at radius 2 is 1.57 bits per heavy atom. The summed E-state index contributed by atoms with van der Waals surface area (Å²) in [6.07, 6.45) is 4.42.